The van der Waals surface area contributed by atoms with E-state index >= 15 is 0 Å². The van der Waals surface area contributed by atoms with Crippen molar-refractivity contribution in [2.45, 2.75) is 0 Å². The molecule has 4 heteroatoms. The van der Waals surface area contributed by atoms with Crippen LogP contribution in [-0.2, 0) is 9.53 Å². The summed E-state index contributed by atoms with van der Waals surface area (Å²) in [4.78, 5) is 11.0. The van der Waals surface area contributed by atoms with E-state index in [9.17, 15) is 4.79 Å². The van der Waals surface area contributed by atoms with Crippen molar-refractivity contribution >= 4 is 39.6 Å². The lowest BCUT2D eigenvalue weighted by Gasteiger charge is -1.97. The molecule has 0 saturated heterocycles. The largest absolute Gasteiger partial charge is 0.465 e. The highest BCUT2D eigenvalue weighted by atomic mass is 79.9. The molecule has 0 spiro atoms. The van der Waals surface area contributed by atoms with Crippen molar-refractivity contribution in [3.05, 3.63) is 39.3 Å². The number of ether oxygens (including phenoxy) is 1. The van der Waals surface area contributed by atoms with Crippen LogP contribution < -0.4 is 0 Å². The summed E-state index contributed by atoms with van der Waals surface area (Å²) in [5.41, 5.74) is 0.842. The van der Waals surface area contributed by atoms with Gasteiger partial charge in [0.05, 0.1) is 7.11 Å². The Morgan fingerprint density at radius 2 is 2.29 bits per heavy atom. The zero-order valence-electron chi connectivity index (χ0n) is 7.46. The number of carbonyl (C=O) groups is 1. The second kappa shape index (κ2) is 5.17. The average Bonchev–Trinajstić information content (AvgIpc) is 2.16. The second-order valence-electron chi connectivity index (χ2n) is 2.54. The summed E-state index contributed by atoms with van der Waals surface area (Å²) >= 11 is 9.01. The normalized spacial score (nSPS) is 11.2. The van der Waals surface area contributed by atoms with Crippen molar-refractivity contribution in [3.8, 4) is 0 Å². The number of halogens is 2. The molecule has 0 atom stereocenters. The smallest absolute Gasteiger partial charge is 0.349 e. The molecule has 1 rings (SSSR count). The molecule has 0 bridgehead atoms. The van der Waals surface area contributed by atoms with Crippen LogP contribution in [-0.4, -0.2) is 13.1 Å². The number of benzene rings is 1. The molecule has 0 saturated carbocycles. The van der Waals surface area contributed by atoms with Gasteiger partial charge >= 0.3 is 5.97 Å². The van der Waals surface area contributed by atoms with Crippen LogP contribution >= 0.6 is 27.5 Å². The molecule has 0 heterocycles. The molecule has 1 aromatic carbocycles. The van der Waals surface area contributed by atoms with Gasteiger partial charge in [-0.1, -0.05) is 39.7 Å². The van der Waals surface area contributed by atoms with E-state index in [-0.39, 0.29) is 5.03 Å². The SMILES string of the molecule is COC(=O)C(Cl)=Cc1cccc(Br)c1. The molecular formula is C10H8BrClO2. The summed E-state index contributed by atoms with van der Waals surface area (Å²) in [7, 11) is 1.29. The van der Waals surface area contributed by atoms with Crippen LogP contribution in [0.15, 0.2) is 33.8 Å². The number of esters is 1. The van der Waals surface area contributed by atoms with Crippen LogP contribution in [0.4, 0.5) is 0 Å². The van der Waals surface area contributed by atoms with Gasteiger partial charge in [0.25, 0.3) is 0 Å². The standard InChI is InChI=1S/C10H8BrClO2/c1-14-10(13)9(12)6-7-3-2-4-8(11)5-7/h2-6H,1H3. The van der Waals surface area contributed by atoms with Crippen molar-refractivity contribution in [1.82, 2.24) is 0 Å². The van der Waals surface area contributed by atoms with Crippen LogP contribution in [0.3, 0.4) is 0 Å². The number of rotatable bonds is 2. The fraction of sp³-hybridized carbons (Fsp3) is 0.100. The predicted molar refractivity (Wildman–Crippen MR) is 60.0 cm³/mol. The van der Waals surface area contributed by atoms with Gasteiger partial charge in [-0.25, -0.2) is 4.79 Å². The molecule has 0 radical (unpaired) electrons. The van der Waals surface area contributed by atoms with Gasteiger partial charge in [-0.15, -0.1) is 0 Å². The summed E-state index contributed by atoms with van der Waals surface area (Å²) in [6.07, 6.45) is 1.55. The molecule has 2 nitrogen and oxygen atoms in total. The minimum Gasteiger partial charge on any atom is -0.465 e. The third-order valence-corrected chi connectivity index (χ3v) is 2.28. The average molecular weight is 276 g/mol. The van der Waals surface area contributed by atoms with Gasteiger partial charge < -0.3 is 4.74 Å². The Balaban J connectivity index is 2.91. The van der Waals surface area contributed by atoms with Gasteiger partial charge in [0, 0.05) is 4.47 Å². The summed E-state index contributed by atoms with van der Waals surface area (Å²) in [5, 5.41) is 0.0607. The zero-order chi connectivity index (χ0) is 10.6. The van der Waals surface area contributed by atoms with Gasteiger partial charge in [-0.3, -0.25) is 0 Å². The molecule has 0 aliphatic rings. The van der Waals surface area contributed by atoms with E-state index in [0.29, 0.717) is 0 Å². The van der Waals surface area contributed by atoms with Crippen LogP contribution in [0.2, 0.25) is 0 Å². The van der Waals surface area contributed by atoms with Crippen LogP contribution in [0, 0.1) is 0 Å². The Labute approximate surface area is 95.6 Å². The first-order valence-corrected chi connectivity index (χ1v) is 5.01. The molecule has 0 N–H and O–H groups in total. The van der Waals surface area contributed by atoms with Gasteiger partial charge in [0.1, 0.15) is 5.03 Å². The molecule has 14 heavy (non-hydrogen) atoms. The quantitative estimate of drug-likeness (QED) is 0.612. The molecule has 0 fully saturated rings. The molecular weight excluding hydrogens is 267 g/mol. The molecule has 74 valence electrons. The monoisotopic (exact) mass is 274 g/mol. The maximum Gasteiger partial charge on any atom is 0.349 e. The maximum absolute atomic E-state index is 11.0. The first kappa shape index (κ1) is 11.3. The molecule has 0 unspecified atom stereocenters. The van der Waals surface area contributed by atoms with Gasteiger partial charge in [-0.2, -0.15) is 0 Å². The second-order valence-corrected chi connectivity index (χ2v) is 3.86. The number of carbonyl (C=O) groups excluding carboxylic acids is 1. The van der Waals surface area contributed by atoms with Crippen LogP contribution in [0.1, 0.15) is 5.56 Å². The summed E-state index contributed by atoms with van der Waals surface area (Å²) in [6, 6.07) is 7.45. The Morgan fingerprint density at radius 3 is 2.86 bits per heavy atom. The highest BCUT2D eigenvalue weighted by Gasteiger charge is 2.05. The van der Waals surface area contributed by atoms with Crippen molar-refractivity contribution in [2.75, 3.05) is 7.11 Å². The Hall–Kier alpha value is -0.800. The van der Waals surface area contributed by atoms with Gasteiger partial charge in [0.15, 0.2) is 0 Å². The maximum atomic E-state index is 11.0. The molecule has 0 amide bonds. The van der Waals surface area contributed by atoms with Crippen LogP contribution in [0.25, 0.3) is 6.08 Å². The number of methoxy groups -OCH3 is 1. The van der Waals surface area contributed by atoms with Crippen molar-refractivity contribution in [3.63, 3.8) is 0 Å². The molecule has 1 aromatic rings. The van der Waals surface area contributed by atoms with Crippen molar-refractivity contribution in [2.24, 2.45) is 0 Å². The third kappa shape index (κ3) is 3.16. The highest BCUT2D eigenvalue weighted by Crippen LogP contribution is 2.16. The Morgan fingerprint density at radius 1 is 1.57 bits per heavy atom. The lowest BCUT2D eigenvalue weighted by molar-refractivity contribution is -0.135. The van der Waals surface area contributed by atoms with Gasteiger partial charge in [0.2, 0.25) is 0 Å². The molecule has 0 aliphatic carbocycles. The van der Waals surface area contributed by atoms with E-state index in [1.807, 2.05) is 24.3 Å². The summed E-state index contributed by atoms with van der Waals surface area (Å²) in [5.74, 6) is -0.536. The first-order valence-electron chi connectivity index (χ1n) is 3.84. The zero-order valence-corrected chi connectivity index (χ0v) is 9.80. The highest BCUT2D eigenvalue weighted by molar-refractivity contribution is 9.10. The van der Waals surface area contributed by atoms with E-state index in [1.54, 1.807) is 6.08 Å². The predicted octanol–water partition coefficient (Wildman–Crippen LogP) is 3.20. The Kier molecular flexibility index (Phi) is 4.17. The lowest BCUT2D eigenvalue weighted by Crippen LogP contribution is -1.99. The third-order valence-electron chi connectivity index (χ3n) is 1.52. The first-order chi connectivity index (χ1) is 6.63. The van der Waals surface area contributed by atoms with Crippen molar-refractivity contribution < 1.29 is 9.53 Å². The van der Waals surface area contributed by atoms with E-state index in [2.05, 4.69) is 20.7 Å². The number of hydrogen-bond acceptors (Lipinski definition) is 2. The lowest BCUT2D eigenvalue weighted by atomic mass is 10.2. The van der Waals surface area contributed by atoms with Crippen LogP contribution in [0.5, 0.6) is 0 Å². The molecule has 0 aromatic heterocycles. The van der Waals surface area contributed by atoms with E-state index in [0.717, 1.165) is 10.0 Å². The van der Waals surface area contributed by atoms with E-state index in [1.165, 1.54) is 7.11 Å². The topological polar surface area (TPSA) is 26.3 Å². The van der Waals surface area contributed by atoms with Gasteiger partial charge in [-0.05, 0) is 23.8 Å². The minimum atomic E-state index is -0.536. The fourth-order valence-electron chi connectivity index (χ4n) is 0.899. The Bertz CT molecular complexity index is 374. The number of hydrogen-bond donors (Lipinski definition) is 0. The fourth-order valence-corrected chi connectivity index (χ4v) is 1.52. The van der Waals surface area contributed by atoms with E-state index < -0.39 is 5.97 Å². The van der Waals surface area contributed by atoms with E-state index in [4.69, 9.17) is 11.6 Å². The summed E-state index contributed by atoms with van der Waals surface area (Å²) < 4.78 is 5.39. The minimum absolute atomic E-state index is 0.0607. The van der Waals surface area contributed by atoms with Crippen molar-refractivity contribution in [1.29, 1.82) is 0 Å². The summed E-state index contributed by atoms with van der Waals surface area (Å²) in [6.45, 7) is 0. The molecule has 0 aliphatic heterocycles.